The molecule has 1 N–H and O–H groups in total. The van der Waals surface area contributed by atoms with Crippen molar-refractivity contribution in [2.24, 2.45) is 0 Å². The van der Waals surface area contributed by atoms with Crippen LogP contribution in [-0.2, 0) is 6.42 Å². The van der Waals surface area contributed by atoms with Crippen molar-refractivity contribution in [3.8, 4) is 5.88 Å². The number of nitrogens with one attached hydrogen (secondary N) is 1. The second-order valence-electron chi connectivity index (χ2n) is 6.38. The lowest BCUT2D eigenvalue weighted by atomic mass is 10.1. The number of hydrogen-bond donors (Lipinski definition) is 1. The van der Waals surface area contributed by atoms with Gasteiger partial charge in [-0.1, -0.05) is 23.7 Å². The van der Waals surface area contributed by atoms with E-state index in [1.165, 1.54) is 11.8 Å². The molecule has 0 radical (unpaired) electrons. The fraction of sp³-hybridized carbons (Fsp3) is 0.368. The first-order valence-electron chi connectivity index (χ1n) is 8.22. The molecule has 1 amide bonds. The number of carbonyl (C=O) groups is 1. The van der Waals surface area contributed by atoms with Gasteiger partial charge in [0.15, 0.2) is 0 Å². The molecule has 0 fully saturated rings. The summed E-state index contributed by atoms with van der Waals surface area (Å²) in [7, 11) is 4.09. The molecule has 1 aromatic carbocycles. The number of halogens is 1. The number of pyridine rings is 1. The number of ether oxygens (including phenoxy) is 1. The summed E-state index contributed by atoms with van der Waals surface area (Å²) in [5, 5.41) is 3.17. The number of likely N-dealkylation sites (N-methyl/N-ethyl adjacent to an activating group) is 1. The van der Waals surface area contributed by atoms with Gasteiger partial charge in [-0.2, -0.15) is 0 Å². The second-order valence-corrected chi connectivity index (χ2v) is 6.79. The van der Waals surface area contributed by atoms with Crippen molar-refractivity contribution >= 4 is 23.2 Å². The summed E-state index contributed by atoms with van der Waals surface area (Å²) in [4.78, 5) is 18.6. The van der Waals surface area contributed by atoms with Gasteiger partial charge in [0.2, 0.25) is 5.88 Å². The Hall–Kier alpha value is -2.11. The van der Waals surface area contributed by atoms with Gasteiger partial charge in [-0.3, -0.25) is 4.79 Å². The van der Waals surface area contributed by atoms with E-state index >= 15 is 0 Å². The third kappa shape index (κ3) is 6.03. The van der Waals surface area contributed by atoms with Gasteiger partial charge in [0, 0.05) is 18.4 Å². The molecule has 0 aliphatic heterocycles. The van der Waals surface area contributed by atoms with E-state index in [2.05, 4.69) is 15.2 Å². The summed E-state index contributed by atoms with van der Waals surface area (Å²) in [6.07, 6.45) is 2.40. The summed E-state index contributed by atoms with van der Waals surface area (Å²) in [6.45, 7) is 4.77. The maximum atomic E-state index is 12.3. The van der Waals surface area contributed by atoms with Crippen molar-refractivity contribution in [2.75, 3.05) is 26.0 Å². The number of carbonyl (C=O) groups excluding carboxylic acids is 1. The SMILES string of the molecule is CC(C)Oc1ncc(C(=O)Nc2ccc(CCN(C)C)cc2)cc1Cl. The Morgan fingerprint density at radius 3 is 2.52 bits per heavy atom. The number of benzene rings is 1. The Balaban J connectivity index is 2.00. The zero-order chi connectivity index (χ0) is 18.4. The Bertz CT molecular complexity index is 715. The molecule has 0 aliphatic carbocycles. The number of nitrogens with zero attached hydrogens (tertiary/aromatic N) is 2. The topological polar surface area (TPSA) is 54.5 Å². The average Bonchev–Trinajstić information content (AvgIpc) is 2.55. The smallest absolute Gasteiger partial charge is 0.257 e. The van der Waals surface area contributed by atoms with Crippen LogP contribution in [0.5, 0.6) is 5.88 Å². The second kappa shape index (κ2) is 8.83. The molecule has 0 saturated carbocycles. The van der Waals surface area contributed by atoms with E-state index in [0.717, 1.165) is 18.7 Å². The van der Waals surface area contributed by atoms with Crippen LogP contribution >= 0.6 is 11.6 Å². The minimum Gasteiger partial charge on any atom is -0.474 e. The van der Waals surface area contributed by atoms with Crippen LogP contribution in [0.4, 0.5) is 5.69 Å². The van der Waals surface area contributed by atoms with Crippen LogP contribution in [0.3, 0.4) is 0 Å². The lowest BCUT2D eigenvalue weighted by Crippen LogP contribution is -2.15. The lowest BCUT2D eigenvalue weighted by Gasteiger charge is -2.12. The zero-order valence-corrected chi connectivity index (χ0v) is 15.8. The highest BCUT2D eigenvalue weighted by atomic mass is 35.5. The summed E-state index contributed by atoms with van der Waals surface area (Å²) in [5.41, 5.74) is 2.35. The predicted octanol–water partition coefficient (Wildman–Crippen LogP) is 3.88. The molecule has 0 spiro atoms. The number of hydrogen-bond acceptors (Lipinski definition) is 4. The summed E-state index contributed by atoms with van der Waals surface area (Å²) < 4.78 is 5.47. The van der Waals surface area contributed by atoms with Gasteiger partial charge in [-0.05, 0) is 58.1 Å². The molecule has 25 heavy (non-hydrogen) atoms. The Kier molecular flexibility index (Phi) is 6.79. The molecule has 5 nitrogen and oxygen atoms in total. The van der Waals surface area contributed by atoms with E-state index in [4.69, 9.17) is 16.3 Å². The van der Waals surface area contributed by atoms with Gasteiger partial charge in [-0.15, -0.1) is 0 Å². The molecule has 0 aliphatic rings. The van der Waals surface area contributed by atoms with E-state index in [1.807, 2.05) is 52.2 Å². The van der Waals surface area contributed by atoms with Crippen LogP contribution in [-0.4, -0.2) is 42.5 Å². The maximum Gasteiger partial charge on any atom is 0.257 e. The predicted molar refractivity (Wildman–Crippen MR) is 102 cm³/mol. The van der Waals surface area contributed by atoms with E-state index in [1.54, 1.807) is 6.07 Å². The van der Waals surface area contributed by atoms with Crippen molar-refractivity contribution in [1.82, 2.24) is 9.88 Å². The molecule has 1 aromatic heterocycles. The molecule has 1 heterocycles. The Labute approximate surface area is 154 Å². The van der Waals surface area contributed by atoms with Gasteiger partial charge in [0.1, 0.15) is 5.02 Å². The maximum absolute atomic E-state index is 12.3. The highest BCUT2D eigenvalue weighted by Gasteiger charge is 2.12. The molecule has 0 unspecified atom stereocenters. The first-order chi connectivity index (χ1) is 11.8. The summed E-state index contributed by atoms with van der Waals surface area (Å²) in [6, 6.07) is 9.39. The minimum absolute atomic E-state index is 0.0318. The summed E-state index contributed by atoms with van der Waals surface area (Å²) >= 11 is 6.13. The van der Waals surface area contributed by atoms with E-state index in [9.17, 15) is 4.79 Å². The number of rotatable bonds is 7. The molecule has 0 saturated heterocycles. The molecule has 134 valence electrons. The van der Waals surface area contributed by atoms with Crippen LogP contribution in [0.1, 0.15) is 29.8 Å². The monoisotopic (exact) mass is 361 g/mol. The van der Waals surface area contributed by atoms with Gasteiger partial charge in [0.05, 0.1) is 11.7 Å². The van der Waals surface area contributed by atoms with Crippen LogP contribution in [0.2, 0.25) is 5.02 Å². The molecular formula is C19H24ClN3O2. The van der Waals surface area contributed by atoms with Gasteiger partial charge >= 0.3 is 0 Å². The first kappa shape index (κ1) is 19.2. The van der Waals surface area contributed by atoms with Crippen molar-refractivity contribution in [3.63, 3.8) is 0 Å². The molecule has 6 heteroatoms. The van der Waals surface area contributed by atoms with Crippen LogP contribution < -0.4 is 10.1 Å². The van der Waals surface area contributed by atoms with Gasteiger partial charge < -0.3 is 15.0 Å². The van der Waals surface area contributed by atoms with Crippen molar-refractivity contribution in [1.29, 1.82) is 0 Å². The van der Waals surface area contributed by atoms with Gasteiger partial charge in [0.25, 0.3) is 5.91 Å². The summed E-state index contributed by atoms with van der Waals surface area (Å²) in [5.74, 6) is 0.0741. The Morgan fingerprint density at radius 1 is 1.28 bits per heavy atom. The molecular weight excluding hydrogens is 338 g/mol. The standard InChI is InChI=1S/C19H24ClN3O2/c1-13(2)25-19-17(20)11-15(12-21-19)18(24)22-16-7-5-14(6-8-16)9-10-23(3)4/h5-8,11-13H,9-10H2,1-4H3,(H,22,24). The normalized spacial score (nSPS) is 11.0. The van der Waals surface area contributed by atoms with Crippen molar-refractivity contribution in [2.45, 2.75) is 26.4 Å². The van der Waals surface area contributed by atoms with Crippen LogP contribution in [0.25, 0.3) is 0 Å². The molecule has 0 atom stereocenters. The van der Waals surface area contributed by atoms with Crippen molar-refractivity contribution < 1.29 is 9.53 Å². The van der Waals surface area contributed by atoms with E-state index < -0.39 is 0 Å². The Morgan fingerprint density at radius 2 is 1.96 bits per heavy atom. The average molecular weight is 362 g/mol. The van der Waals surface area contributed by atoms with Gasteiger partial charge in [-0.25, -0.2) is 4.98 Å². The number of aromatic nitrogens is 1. The van der Waals surface area contributed by atoms with Crippen LogP contribution in [0.15, 0.2) is 36.5 Å². The van der Waals surface area contributed by atoms with Crippen molar-refractivity contribution in [3.05, 3.63) is 52.7 Å². The zero-order valence-electron chi connectivity index (χ0n) is 15.0. The number of anilines is 1. The quantitative estimate of drug-likeness (QED) is 0.813. The minimum atomic E-state index is -0.258. The highest BCUT2D eigenvalue weighted by molar-refractivity contribution is 6.32. The third-order valence-electron chi connectivity index (χ3n) is 3.48. The third-order valence-corrected chi connectivity index (χ3v) is 3.75. The molecule has 2 rings (SSSR count). The van der Waals surface area contributed by atoms with Crippen LogP contribution in [0, 0.1) is 0 Å². The fourth-order valence-corrected chi connectivity index (χ4v) is 2.38. The van der Waals surface area contributed by atoms with E-state index in [-0.39, 0.29) is 12.0 Å². The first-order valence-corrected chi connectivity index (χ1v) is 8.60. The largest absolute Gasteiger partial charge is 0.474 e. The number of amides is 1. The lowest BCUT2D eigenvalue weighted by molar-refractivity contribution is 0.102. The highest BCUT2D eigenvalue weighted by Crippen LogP contribution is 2.24. The fourth-order valence-electron chi connectivity index (χ4n) is 2.17. The molecule has 2 aromatic rings. The van der Waals surface area contributed by atoms with E-state index in [0.29, 0.717) is 16.5 Å². The molecule has 0 bridgehead atoms.